The Morgan fingerprint density at radius 3 is 3.09 bits per heavy atom. The molecule has 66 valence electrons. The molecule has 1 aliphatic rings. The molecule has 2 nitrogen and oxygen atoms in total. The van der Waals surface area contributed by atoms with E-state index in [2.05, 4.69) is 12.2 Å². The summed E-state index contributed by atoms with van der Waals surface area (Å²) in [5, 5.41) is 4.10. The molecule has 3 heteroatoms. The molecule has 2 atom stereocenters. The van der Waals surface area contributed by atoms with Crippen molar-refractivity contribution in [3.63, 3.8) is 0 Å². The fourth-order valence-electron chi connectivity index (χ4n) is 1.25. The second-order valence-corrected chi connectivity index (χ2v) is 4.64. The molecule has 3 N–H and O–H groups in total. The van der Waals surface area contributed by atoms with E-state index in [1.165, 1.54) is 25.1 Å². The van der Waals surface area contributed by atoms with Gasteiger partial charge in [-0.15, -0.1) is 0 Å². The highest BCUT2D eigenvalue weighted by Crippen LogP contribution is 2.15. The van der Waals surface area contributed by atoms with E-state index in [1.54, 1.807) is 0 Å². The minimum absolute atomic E-state index is 0.623. The van der Waals surface area contributed by atoms with Gasteiger partial charge >= 0.3 is 0 Å². The smallest absolute Gasteiger partial charge is 0.0158 e. The maximum Gasteiger partial charge on any atom is 0.0158 e. The van der Waals surface area contributed by atoms with Crippen LogP contribution >= 0.6 is 11.8 Å². The van der Waals surface area contributed by atoms with Crippen LogP contribution in [-0.4, -0.2) is 30.1 Å². The molecule has 0 aromatic carbocycles. The van der Waals surface area contributed by atoms with E-state index in [1.807, 2.05) is 11.8 Å². The van der Waals surface area contributed by atoms with Crippen LogP contribution in [0.1, 0.15) is 19.8 Å². The first kappa shape index (κ1) is 9.36. The van der Waals surface area contributed by atoms with Crippen molar-refractivity contribution >= 4 is 11.8 Å². The molecule has 0 radical (unpaired) electrons. The standard InChI is InChI=1S/C8H18N2S/c1-7(5-9)11-6-8-3-2-4-10-8/h7-8,10H,2-6,9H2,1H3/t7?,8-/m0/s1. The van der Waals surface area contributed by atoms with Gasteiger partial charge in [-0.3, -0.25) is 0 Å². The predicted molar refractivity (Wildman–Crippen MR) is 52.0 cm³/mol. The lowest BCUT2D eigenvalue weighted by molar-refractivity contribution is 0.672. The maximum absolute atomic E-state index is 5.52. The zero-order chi connectivity index (χ0) is 8.10. The van der Waals surface area contributed by atoms with E-state index in [0.717, 1.165) is 12.6 Å². The molecule has 1 rings (SSSR count). The van der Waals surface area contributed by atoms with Crippen LogP contribution in [0.15, 0.2) is 0 Å². The molecule has 1 fully saturated rings. The maximum atomic E-state index is 5.52. The number of nitrogens with one attached hydrogen (secondary N) is 1. The van der Waals surface area contributed by atoms with E-state index in [0.29, 0.717) is 5.25 Å². The van der Waals surface area contributed by atoms with E-state index >= 15 is 0 Å². The van der Waals surface area contributed by atoms with Crippen LogP contribution in [0.4, 0.5) is 0 Å². The van der Waals surface area contributed by atoms with E-state index in [-0.39, 0.29) is 0 Å². The Labute approximate surface area is 73.3 Å². The average molecular weight is 174 g/mol. The van der Waals surface area contributed by atoms with Crippen molar-refractivity contribution in [1.82, 2.24) is 5.32 Å². The van der Waals surface area contributed by atoms with Gasteiger partial charge in [0.2, 0.25) is 0 Å². The normalized spacial score (nSPS) is 27.3. The molecule has 1 aliphatic heterocycles. The molecular formula is C8H18N2S. The Morgan fingerprint density at radius 2 is 2.55 bits per heavy atom. The lowest BCUT2D eigenvalue weighted by Gasteiger charge is -2.12. The van der Waals surface area contributed by atoms with Gasteiger partial charge in [0.05, 0.1) is 0 Å². The Morgan fingerprint density at radius 1 is 1.73 bits per heavy atom. The van der Waals surface area contributed by atoms with Gasteiger partial charge in [-0.1, -0.05) is 6.92 Å². The summed E-state index contributed by atoms with van der Waals surface area (Å²) in [6.07, 6.45) is 2.70. The SMILES string of the molecule is CC(CN)SC[C@@H]1CCCN1. The Kier molecular flexibility index (Phi) is 4.26. The fourth-order valence-corrected chi connectivity index (χ4v) is 2.23. The molecule has 0 saturated carbocycles. The first-order valence-electron chi connectivity index (χ1n) is 4.38. The van der Waals surface area contributed by atoms with Crippen molar-refractivity contribution in [2.75, 3.05) is 18.8 Å². The Bertz CT molecular complexity index is 102. The van der Waals surface area contributed by atoms with Crippen LogP contribution in [0.3, 0.4) is 0 Å². The minimum Gasteiger partial charge on any atom is -0.329 e. The largest absolute Gasteiger partial charge is 0.329 e. The van der Waals surface area contributed by atoms with Crippen LogP contribution in [-0.2, 0) is 0 Å². The molecular weight excluding hydrogens is 156 g/mol. The Hall–Kier alpha value is 0.270. The highest BCUT2D eigenvalue weighted by molar-refractivity contribution is 7.99. The first-order valence-corrected chi connectivity index (χ1v) is 5.43. The van der Waals surface area contributed by atoms with Gasteiger partial charge in [0.25, 0.3) is 0 Å². The number of rotatable bonds is 4. The zero-order valence-corrected chi connectivity index (χ0v) is 7.99. The molecule has 0 aromatic rings. The molecule has 1 heterocycles. The van der Waals surface area contributed by atoms with Crippen LogP contribution in [0.25, 0.3) is 0 Å². The molecule has 11 heavy (non-hydrogen) atoms. The molecule has 1 unspecified atom stereocenters. The summed E-state index contributed by atoms with van der Waals surface area (Å²) < 4.78 is 0. The first-order chi connectivity index (χ1) is 5.33. The number of nitrogens with two attached hydrogens (primary N) is 1. The molecule has 0 spiro atoms. The van der Waals surface area contributed by atoms with Crippen molar-refractivity contribution in [2.24, 2.45) is 5.73 Å². The van der Waals surface area contributed by atoms with Crippen molar-refractivity contribution < 1.29 is 0 Å². The molecule has 0 bridgehead atoms. The van der Waals surface area contributed by atoms with Crippen molar-refractivity contribution in [2.45, 2.75) is 31.1 Å². The van der Waals surface area contributed by atoms with E-state index in [4.69, 9.17) is 5.73 Å². The summed E-state index contributed by atoms with van der Waals surface area (Å²) in [6, 6.07) is 0.758. The van der Waals surface area contributed by atoms with Gasteiger partial charge in [0.1, 0.15) is 0 Å². The molecule has 1 saturated heterocycles. The van der Waals surface area contributed by atoms with E-state index in [9.17, 15) is 0 Å². The summed E-state index contributed by atoms with van der Waals surface area (Å²) >= 11 is 1.99. The lowest BCUT2D eigenvalue weighted by atomic mass is 10.3. The second-order valence-electron chi connectivity index (χ2n) is 3.17. The molecule has 0 amide bonds. The number of hydrogen-bond donors (Lipinski definition) is 2. The van der Waals surface area contributed by atoms with Crippen molar-refractivity contribution in [1.29, 1.82) is 0 Å². The van der Waals surface area contributed by atoms with E-state index < -0.39 is 0 Å². The minimum atomic E-state index is 0.623. The number of hydrogen-bond acceptors (Lipinski definition) is 3. The highest BCUT2D eigenvalue weighted by atomic mass is 32.2. The van der Waals surface area contributed by atoms with Crippen LogP contribution < -0.4 is 11.1 Å². The molecule has 0 aromatic heterocycles. The monoisotopic (exact) mass is 174 g/mol. The predicted octanol–water partition coefficient (Wildman–Crippen LogP) is 0.819. The van der Waals surface area contributed by atoms with Crippen LogP contribution in [0.2, 0.25) is 0 Å². The van der Waals surface area contributed by atoms with Crippen LogP contribution in [0.5, 0.6) is 0 Å². The van der Waals surface area contributed by atoms with Crippen LogP contribution in [0, 0.1) is 0 Å². The fraction of sp³-hybridized carbons (Fsp3) is 1.00. The quantitative estimate of drug-likeness (QED) is 0.662. The van der Waals surface area contributed by atoms with Gasteiger partial charge in [0.15, 0.2) is 0 Å². The third kappa shape index (κ3) is 3.45. The Balaban J connectivity index is 2.01. The summed E-state index contributed by atoms with van der Waals surface area (Å²) in [4.78, 5) is 0. The molecule has 0 aliphatic carbocycles. The third-order valence-electron chi connectivity index (χ3n) is 2.08. The van der Waals surface area contributed by atoms with Gasteiger partial charge < -0.3 is 11.1 Å². The van der Waals surface area contributed by atoms with Gasteiger partial charge in [-0.25, -0.2) is 0 Å². The van der Waals surface area contributed by atoms with Gasteiger partial charge in [0, 0.05) is 23.6 Å². The zero-order valence-electron chi connectivity index (χ0n) is 7.18. The topological polar surface area (TPSA) is 38.0 Å². The summed E-state index contributed by atoms with van der Waals surface area (Å²) in [5.41, 5.74) is 5.52. The number of thioether (sulfide) groups is 1. The van der Waals surface area contributed by atoms with Crippen molar-refractivity contribution in [3.05, 3.63) is 0 Å². The lowest BCUT2D eigenvalue weighted by Crippen LogP contribution is -2.25. The summed E-state index contributed by atoms with van der Waals surface area (Å²) in [5.74, 6) is 1.23. The average Bonchev–Trinajstić information content (AvgIpc) is 2.52. The highest BCUT2D eigenvalue weighted by Gasteiger charge is 2.14. The van der Waals surface area contributed by atoms with Crippen molar-refractivity contribution in [3.8, 4) is 0 Å². The van der Waals surface area contributed by atoms with Gasteiger partial charge in [-0.05, 0) is 19.4 Å². The van der Waals surface area contributed by atoms with Gasteiger partial charge in [-0.2, -0.15) is 11.8 Å². The summed E-state index contributed by atoms with van der Waals surface area (Å²) in [7, 11) is 0. The summed E-state index contributed by atoms with van der Waals surface area (Å²) in [6.45, 7) is 4.21. The third-order valence-corrected chi connectivity index (χ3v) is 3.43. The second kappa shape index (κ2) is 5.01.